The molecule has 1 fully saturated rings. The molecule has 1 unspecified atom stereocenters. The SMILES string of the molecule is CC(C)(C)OC(=O)CC1(N)CCCS(=O)(=O)C1. The number of esters is 1. The van der Waals surface area contributed by atoms with Crippen LogP contribution in [0.3, 0.4) is 0 Å². The predicted octanol–water partition coefficient (Wildman–Crippen LogP) is 0.624. The molecule has 1 aliphatic rings. The van der Waals surface area contributed by atoms with Crippen molar-refractivity contribution in [2.75, 3.05) is 11.5 Å². The van der Waals surface area contributed by atoms with Crippen LogP contribution in [-0.4, -0.2) is 37.0 Å². The normalized spacial score (nSPS) is 28.7. The summed E-state index contributed by atoms with van der Waals surface area (Å²) in [6.45, 7) is 5.31. The molecular weight excluding hydrogens is 242 g/mol. The van der Waals surface area contributed by atoms with E-state index in [-0.39, 0.29) is 17.9 Å². The van der Waals surface area contributed by atoms with E-state index in [1.807, 2.05) is 0 Å². The Kier molecular flexibility index (Phi) is 3.88. The van der Waals surface area contributed by atoms with Crippen LogP contribution in [0.1, 0.15) is 40.0 Å². The molecule has 0 aromatic heterocycles. The van der Waals surface area contributed by atoms with Crippen molar-refractivity contribution in [3.05, 3.63) is 0 Å². The molecule has 0 bridgehead atoms. The zero-order valence-corrected chi connectivity index (χ0v) is 11.5. The Hall–Kier alpha value is -0.620. The summed E-state index contributed by atoms with van der Waals surface area (Å²) in [7, 11) is -3.11. The fourth-order valence-electron chi connectivity index (χ4n) is 2.03. The molecule has 0 spiro atoms. The van der Waals surface area contributed by atoms with Crippen molar-refractivity contribution in [3.63, 3.8) is 0 Å². The maximum Gasteiger partial charge on any atom is 0.308 e. The molecule has 0 saturated carbocycles. The Bertz CT molecular complexity index is 396. The van der Waals surface area contributed by atoms with Gasteiger partial charge in [0, 0.05) is 5.54 Å². The zero-order chi connectivity index (χ0) is 13.3. The molecule has 0 aromatic carbocycles. The van der Waals surface area contributed by atoms with Crippen molar-refractivity contribution in [3.8, 4) is 0 Å². The van der Waals surface area contributed by atoms with Crippen molar-refractivity contribution >= 4 is 15.8 Å². The van der Waals surface area contributed by atoms with Crippen molar-refractivity contribution < 1.29 is 17.9 Å². The standard InChI is InChI=1S/C11H21NO4S/c1-10(2,3)16-9(13)7-11(12)5-4-6-17(14,15)8-11/h4-8,12H2,1-3H3. The van der Waals surface area contributed by atoms with E-state index in [4.69, 9.17) is 10.5 Å². The van der Waals surface area contributed by atoms with Crippen LogP contribution in [0.15, 0.2) is 0 Å². The van der Waals surface area contributed by atoms with Gasteiger partial charge in [-0.1, -0.05) is 0 Å². The van der Waals surface area contributed by atoms with Gasteiger partial charge in [0.1, 0.15) is 5.60 Å². The van der Waals surface area contributed by atoms with Crippen molar-refractivity contribution in [1.29, 1.82) is 0 Å². The summed E-state index contributed by atoms with van der Waals surface area (Å²) in [5.74, 6) is -0.392. The van der Waals surface area contributed by atoms with E-state index in [0.717, 1.165) is 0 Å². The van der Waals surface area contributed by atoms with Gasteiger partial charge in [-0.2, -0.15) is 0 Å². The number of ether oxygens (including phenoxy) is 1. The van der Waals surface area contributed by atoms with Gasteiger partial charge in [-0.3, -0.25) is 4.79 Å². The Morgan fingerprint density at radius 3 is 2.47 bits per heavy atom. The molecule has 17 heavy (non-hydrogen) atoms. The maximum atomic E-state index is 11.6. The monoisotopic (exact) mass is 263 g/mol. The number of carbonyl (C=O) groups is 1. The smallest absolute Gasteiger partial charge is 0.308 e. The van der Waals surface area contributed by atoms with Gasteiger partial charge in [0.2, 0.25) is 0 Å². The number of sulfone groups is 1. The molecule has 6 heteroatoms. The van der Waals surface area contributed by atoms with Gasteiger partial charge in [0.25, 0.3) is 0 Å². The molecule has 0 amide bonds. The molecule has 1 aliphatic heterocycles. The minimum atomic E-state index is -3.11. The van der Waals surface area contributed by atoms with Gasteiger partial charge in [-0.05, 0) is 33.6 Å². The summed E-state index contributed by atoms with van der Waals surface area (Å²) in [5, 5.41) is 0. The quantitative estimate of drug-likeness (QED) is 0.738. The minimum Gasteiger partial charge on any atom is -0.460 e. The van der Waals surface area contributed by atoms with E-state index in [9.17, 15) is 13.2 Å². The predicted molar refractivity (Wildman–Crippen MR) is 65.3 cm³/mol. The van der Waals surface area contributed by atoms with E-state index in [1.165, 1.54) is 0 Å². The average Bonchev–Trinajstić information content (AvgIpc) is 1.94. The largest absolute Gasteiger partial charge is 0.460 e. The third kappa shape index (κ3) is 5.04. The third-order valence-electron chi connectivity index (χ3n) is 2.55. The number of carbonyl (C=O) groups excluding carboxylic acids is 1. The van der Waals surface area contributed by atoms with Crippen LogP contribution in [0, 0.1) is 0 Å². The van der Waals surface area contributed by atoms with Crippen LogP contribution in [0.4, 0.5) is 0 Å². The first-order chi connectivity index (χ1) is 7.52. The second-order valence-corrected chi connectivity index (χ2v) is 8.01. The van der Waals surface area contributed by atoms with Crippen LogP contribution in [0.2, 0.25) is 0 Å². The Morgan fingerprint density at radius 1 is 1.41 bits per heavy atom. The molecule has 0 aromatic rings. The van der Waals surface area contributed by atoms with Crippen LogP contribution in [0.25, 0.3) is 0 Å². The molecule has 5 nitrogen and oxygen atoms in total. The molecule has 1 rings (SSSR count). The van der Waals surface area contributed by atoms with Crippen LogP contribution >= 0.6 is 0 Å². The molecule has 1 saturated heterocycles. The topological polar surface area (TPSA) is 86.5 Å². The number of hydrogen-bond donors (Lipinski definition) is 1. The van der Waals surface area contributed by atoms with E-state index in [2.05, 4.69) is 0 Å². The maximum absolute atomic E-state index is 11.6. The Balaban J connectivity index is 2.64. The summed E-state index contributed by atoms with van der Waals surface area (Å²) in [6.07, 6.45) is 1.02. The van der Waals surface area contributed by atoms with E-state index >= 15 is 0 Å². The van der Waals surface area contributed by atoms with E-state index in [0.29, 0.717) is 12.8 Å². The number of hydrogen-bond acceptors (Lipinski definition) is 5. The summed E-state index contributed by atoms with van der Waals surface area (Å²) in [5.41, 5.74) is 4.45. The van der Waals surface area contributed by atoms with Crippen LogP contribution in [-0.2, 0) is 19.4 Å². The highest BCUT2D eigenvalue weighted by Crippen LogP contribution is 2.25. The van der Waals surface area contributed by atoms with Crippen LogP contribution < -0.4 is 5.73 Å². The zero-order valence-electron chi connectivity index (χ0n) is 10.7. The summed E-state index contributed by atoms with van der Waals surface area (Å²) >= 11 is 0. The first-order valence-electron chi connectivity index (χ1n) is 5.73. The van der Waals surface area contributed by atoms with Gasteiger partial charge in [0.15, 0.2) is 9.84 Å². The van der Waals surface area contributed by atoms with Crippen LogP contribution in [0.5, 0.6) is 0 Å². The molecule has 100 valence electrons. The lowest BCUT2D eigenvalue weighted by Crippen LogP contribution is -2.52. The third-order valence-corrected chi connectivity index (χ3v) is 4.48. The Labute approximate surface area is 103 Å². The number of rotatable bonds is 2. The average molecular weight is 263 g/mol. The van der Waals surface area contributed by atoms with Gasteiger partial charge in [0.05, 0.1) is 17.9 Å². The molecule has 1 heterocycles. The van der Waals surface area contributed by atoms with Crippen molar-refractivity contribution in [1.82, 2.24) is 0 Å². The molecule has 0 radical (unpaired) electrons. The van der Waals surface area contributed by atoms with E-state index in [1.54, 1.807) is 20.8 Å². The summed E-state index contributed by atoms with van der Waals surface area (Å²) in [4.78, 5) is 11.6. The summed E-state index contributed by atoms with van der Waals surface area (Å²) < 4.78 is 28.2. The molecule has 0 aliphatic carbocycles. The first kappa shape index (κ1) is 14.4. The fourth-order valence-corrected chi connectivity index (χ4v) is 3.88. The second-order valence-electron chi connectivity index (χ2n) is 5.82. The first-order valence-corrected chi connectivity index (χ1v) is 7.55. The lowest BCUT2D eigenvalue weighted by Gasteiger charge is -2.33. The molecule has 2 N–H and O–H groups in total. The summed E-state index contributed by atoms with van der Waals surface area (Å²) in [6, 6.07) is 0. The lowest BCUT2D eigenvalue weighted by atomic mass is 9.93. The van der Waals surface area contributed by atoms with Gasteiger partial charge in [-0.15, -0.1) is 0 Å². The van der Waals surface area contributed by atoms with Gasteiger partial charge >= 0.3 is 5.97 Å². The van der Waals surface area contributed by atoms with E-state index < -0.39 is 26.9 Å². The highest BCUT2D eigenvalue weighted by atomic mass is 32.2. The second kappa shape index (κ2) is 4.57. The molecule has 1 atom stereocenters. The Morgan fingerprint density at radius 2 is 2.00 bits per heavy atom. The van der Waals surface area contributed by atoms with Crippen molar-refractivity contribution in [2.45, 2.75) is 51.2 Å². The fraction of sp³-hybridized carbons (Fsp3) is 0.909. The highest BCUT2D eigenvalue weighted by molar-refractivity contribution is 7.91. The highest BCUT2D eigenvalue weighted by Gasteiger charge is 2.38. The number of nitrogens with two attached hydrogens (primary N) is 1. The van der Waals surface area contributed by atoms with Crippen molar-refractivity contribution in [2.24, 2.45) is 5.73 Å². The lowest BCUT2D eigenvalue weighted by molar-refractivity contribution is -0.156. The van der Waals surface area contributed by atoms with Gasteiger partial charge in [-0.25, -0.2) is 8.42 Å². The minimum absolute atomic E-state index is 0.0382. The molecular formula is C11H21NO4S. The van der Waals surface area contributed by atoms with Gasteiger partial charge < -0.3 is 10.5 Å².